The fraction of sp³-hybridized carbons (Fsp3) is 0.600. The average Bonchev–Trinajstić information content (AvgIpc) is 2.35. The van der Waals surface area contributed by atoms with E-state index in [0.717, 1.165) is 23.4 Å². The Balaban J connectivity index is 1.79. The van der Waals surface area contributed by atoms with Gasteiger partial charge in [0.15, 0.2) is 0 Å². The molecule has 5 nitrogen and oxygen atoms in total. The lowest BCUT2D eigenvalue weighted by molar-refractivity contribution is 0.314. The number of rotatable bonds is 4. The Hall–Kier alpha value is -0.530. The lowest BCUT2D eigenvalue weighted by atomic mass is 10.4. The molecule has 2 heterocycles. The largest absolute Gasteiger partial charge is 0.368 e. The number of aromatic nitrogens is 2. The molecule has 0 aromatic carbocycles. The fourth-order valence-corrected chi connectivity index (χ4v) is 2.97. The van der Waals surface area contributed by atoms with E-state index in [1.807, 2.05) is 11.8 Å². The van der Waals surface area contributed by atoms with E-state index in [1.54, 1.807) is 6.20 Å². The second-order valence-electron chi connectivity index (χ2n) is 3.81. The minimum atomic E-state index is 0.296. The molecular weight excluding hydrogens is 302 g/mol. The summed E-state index contributed by atoms with van der Waals surface area (Å²) in [5.74, 6) is 3.54. The average molecular weight is 318 g/mol. The van der Waals surface area contributed by atoms with E-state index in [2.05, 4.69) is 36.1 Å². The number of nitrogens with zero attached hydrogens (tertiary/aromatic N) is 3. The van der Waals surface area contributed by atoms with Crippen LogP contribution in [0.1, 0.15) is 0 Å². The maximum atomic E-state index is 5.55. The number of nitrogens with two attached hydrogens (primary N) is 1. The topological polar surface area (TPSA) is 67.1 Å². The number of hydrogen-bond acceptors (Lipinski definition) is 6. The van der Waals surface area contributed by atoms with Gasteiger partial charge in [0, 0.05) is 43.9 Å². The molecule has 0 amide bonds. The molecule has 2 rings (SSSR count). The van der Waals surface area contributed by atoms with Crippen molar-refractivity contribution in [3.8, 4) is 0 Å². The van der Waals surface area contributed by atoms with Crippen LogP contribution in [0.2, 0.25) is 0 Å². The zero-order valence-electron chi connectivity index (χ0n) is 9.53. The van der Waals surface area contributed by atoms with Gasteiger partial charge in [0.25, 0.3) is 0 Å². The quantitative estimate of drug-likeness (QED) is 0.872. The number of thioether (sulfide) groups is 1. The Labute approximate surface area is 114 Å². The maximum absolute atomic E-state index is 5.55. The van der Waals surface area contributed by atoms with Crippen LogP contribution in [-0.4, -0.2) is 52.6 Å². The van der Waals surface area contributed by atoms with Gasteiger partial charge >= 0.3 is 0 Å². The number of anilines is 2. The lowest BCUT2D eigenvalue weighted by Gasteiger charge is -2.26. The number of hydrogen-bond donors (Lipinski definition) is 2. The van der Waals surface area contributed by atoms with Gasteiger partial charge in [-0.25, -0.2) is 4.98 Å². The van der Waals surface area contributed by atoms with Crippen LogP contribution >= 0.6 is 27.7 Å². The Morgan fingerprint density at radius 3 is 3.00 bits per heavy atom. The Morgan fingerprint density at radius 2 is 2.24 bits per heavy atom. The molecule has 94 valence electrons. The third kappa shape index (κ3) is 4.01. The van der Waals surface area contributed by atoms with Gasteiger partial charge in [-0.2, -0.15) is 16.7 Å². The molecule has 0 aliphatic carbocycles. The van der Waals surface area contributed by atoms with Crippen LogP contribution < -0.4 is 11.1 Å². The van der Waals surface area contributed by atoms with Crippen LogP contribution in [0.5, 0.6) is 0 Å². The molecule has 1 aliphatic rings. The van der Waals surface area contributed by atoms with Crippen molar-refractivity contribution < 1.29 is 0 Å². The van der Waals surface area contributed by atoms with Crippen LogP contribution in [0.3, 0.4) is 0 Å². The van der Waals surface area contributed by atoms with Crippen LogP contribution in [0.15, 0.2) is 10.7 Å². The van der Waals surface area contributed by atoms with Crippen LogP contribution in [0.4, 0.5) is 11.8 Å². The van der Waals surface area contributed by atoms with E-state index in [4.69, 9.17) is 5.73 Å². The summed E-state index contributed by atoms with van der Waals surface area (Å²) in [5.41, 5.74) is 5.55. The third-order valence-corrected chi connectivity index (χ3v) is 4.11. The monoisotopic (exact) mass is 317 g/mol. The van der Waals surface area contributed by atoms with Gasteiger partial charge in [0.2, 0.25) is 5.95 Å². The predicted octanol–water partition coefficient (Wildman–Crippen LogP) is 1.28. The molecule has 1 fully saturated rings. The smallest absolute Gasteiger partial charge is 0.221 e. The second kappa shape index (κ2) is 6.42. The normalized spacial score (nSPS) is 17.0. The van der Waals surface area contributed by atoms with Crippen molar-refractivity contribution >= 4 is 39.5 Å². The summed E-state index contributed by atoms with van der Waals surface area (Å²) >= 11 is 5.42. The van der Waals surface area contributed by atoms with Crippen molar-refractivity contribution in [1.29, 1.82) is 0 Å². The summed E-state index contributed by atoms with van der Waals surface area (Å²) in [6.45, 7) is 4.27. The summed E-state index contributed by atoms with van der Waals surface area (Å²) < 4.78 is 0.848. The molecule has 3 N–H and O–H groups in total. The predicted molar refractivity (Wildman–Crippen MR) is 76.4 cm³/mol. The summed E-state index contributed by atoms with van der Waals surface area (Å²) in [6.07, 6.45) is 1.67. The first kappa shape index (κ1) is 12.9. The van der Waals surface area contributed by atoms with E-state index in [9.17, 15) is 0 Å². The molecule has 0 atom stereocenters. The molecule has 7 heteroatoms. The Morgan fingerprint density at radius 1 is 1.47 bits per heavy atom. The van der Waals surface area contributed by atoms with Crippen molar-refractivity contribution in [2.24, 2.45) is 0 Å². The van der Waals surface area contributed by atoms with Crippen molar-refractivity contribution in [2.75, 3.05) is 48.7 Å². The van der Waals surface area contributed by atoms with Gasteiger partial charge in [-0.1, -0.05) is 0 Å². The van der Waals surface area contributed by atoms with E-state index >= 15 is 0 Å². The van der Waals surface area contributed by atoms with Crippen molar-refractivity contribution in [2.45, 2.75) is 0 Å². The van der Waals surface area contributed by atoms with E-state index in [0.29, 0.717) is 5.95 Å². The first-order chi connectivity index (χ1) is 8.25. The van der Waals surface area contributed by atoms with Gasteiger partial charge in [0.1, 0.15) is 5.82 Å². The minimum Gasteiger partial charge on any atom is -0.368 e. The van der Waals surface area contributed by atoms with Gasteiger partial charge in [-0.05, 0) is 15.9 Å². The molecule has 1 aromatic rings. The zero-order chi connectivity index (χ0) is 12.1. The molecule has 0 bridgehead atoms. The molecular formula is C10H16BrN5S. The van der Waals surface area contributed by atoms with Crippen molar-refractivity contribution in [3.05, 3.63) is 10.7 Å². The number of nitrogen functional groups attached to an aromatic ring is 1. The molecule has 17 heavy (non-hydrogen) atoms. The minimum absolute atomic E-state index is 0.296. The van der Waals surface area contributed by atoms with E-state index in [-0.39, 0.29) is 0 Å². The molecule has 1 aromatic heterocycles. The maximum Gasteiger partial charge on any atom is 0.221 e. The SMILES string of the molecule is Nc1ncc(Br)c(NCCN2CCSCC2)n1. The lowest BCUT2D eigenvalue weighted by Crippen LogP contribution is -2.36. The highest BCUT2D eigenvalue weighted by Gasteiger charge is 2.10. The van der Waals surface area contributed by atoms with Gasteiger partial charge in [0.05, 0.1) is 4.47 Å². The highest BCUT2D eigenvalue weighted by molar-refractivity contribution is 9.10. The van der Waals surface area contributed by atoms with E-state index < -0.39 is 0 Å². The second-order valence-corrected chi connectivity index (χ2v) is 5.88. The van der Waals surface area contributed by atoms with Gasteiger partial charge in [-0.15, -0.1) is 0 Å². The summed E-state index contributed by atoms with van der Waals surface area (Å²) in [5, 5.41) is 3.27. The van der Waals surface area contributed by atoms with Crippen molar-refractivity contribution in [3.63, 3.8) is 0 Å². The zero-order valence-corrected chi connectivity index (χ0v) is 11.9. The molecule has 0 radical (unpaired) electrons. The van der Waals surface area contributed by atoms with Gasteiger partial charge in [-0.3, -0.25) is 4.90 Å². The first-order valence-corrected chi connectivity index (χ1v) is 7.52. The van der Waals surface area contributed by atoms with E-state index in [1.165, 1.54) is 24.6 Å². The summed E-state index contributed by atoms with van der Waals surface area (Å²) in [6, 6.07) is 0. The standard InChI is InChI=1S/C10H16BrN5S/c11-8-7-14-10(12)15-9(8)13-1-2-16-3-5-17-6-4-16/h7H,1-6H2,(H3,12,13,14,15). The summed E-state index contributed by atoms with van der Waals surface area (Å²) in [4.78, 5) is 10.5. The molecule has 1 saturated heterocycles. The summed E-state index contributed by atoms with van der Waals surface area (Å²) in [7, 11) is 0. The highest BCUT2D eigenvalue weighted by Crippen LogP contribution is 2.18. The fourth-order valence-electron chi connectivity index (χ4n) is 1.66. The highest BCUT2D eigenvalue weighted by atomic mass is 79.9. The third-order valence-electron chi connectivity index (χ3n) is 2.59. The van der Waals surface area contributed by atoms with Crippen LogP contribution in [0, 0.1) is 0 Å². The Kier molecular flexibility index (Phi) is 4.87. The molecule has 0 saturated carbocycles. The van der Waals surface area contributed by atoms with Crippen LogP contribution in [0.25, 0.3) is 0 Å². The van der Waals surface area contributed by atoms with Gasteiger partial charge < -0.3 is 11.1 Å². The van der Waals surface area contributed by atoms with Crippen LogP contribution in [-0.2, 0) is 0 Å². The Bertz CT molecular complexity index is 370. The molecule has 0 spiro atoms. The number of nitrogens with one attached hydrogen (secondary N) is 1. The number of halogens is 1. The molecule has 0 unspecified atom stereocenters. The van der Waals surface area contributed by atoms with Crippen molar-refractivity contribution in [1.82, 2.24) is 14.9 Å². The first-order valence-electron chi connectivity index (χ1n) is 5.57. The molecule has 1 aliphatic heterocycles.